The van der Waals surface area contributed by atoms with E-state index in [-0.39, 0.29) is 11.7 Å². The lowest BCUT2D eigenvalue weighted by Gasteiger charge is -2.15. The van der Waals surface area contributed by atoms with E-state index in [1.807, 2.05) is 13.8 Å². The highest BCUT2D eigenvalue weighted by atomic mass is 19.3. The van der Waals surface area contributed by atoms with E-state index in [4.69, 9.17) is 5.73 Å². The van der Waals surface area contributed by atoms with Gasteiger partial charge in [0.15, 0.2) is 0 Å². The van der Waals surface area contributed by atoms with Gasteiger partial charge in [-0.1, -0.05) is 26.5 Å². The minimum absolute atomic E-state index is 0.114. The van der Waals surface area contributed by atoms with Gasteiger partial charge in [0.25, 0.3) is 0 Å². The second-order valence-electron chi connectivity index (χ2n) is 3.75. The first-order valence-corrected chi connectivity index (χ1v) is 4.96. The van der Waals surface area contributed by atoms with Gasteiger partial charge in [0.2, 0.25) is 0 Å². The van der Waals surface area contributed by atoms with Crippen molar-refractivity contribution >= 4 is 11.8 Å². The van der Waals surface area contributed by atoms with E-state index >= 15 is 0 Å². The van der Waals surface area contributed by atoms with Crippen LogP contribution >= 0.6 is 0 Å². The molecular weight excluding hydrogens is 212 g/mol. The Morgan fingerprint density at radius 3 is 2.44 bits per heavy atom. The second kappa shape index (κ2) is 4.96. The quantitative estimate of drug-likeness (QED) is 0.797. The summed E-state index contributed by atoms with van der Waals surface area (Å²) in [5, 5.41) is 0. The first-order chi connectivity index (χ1) is 7.45. The van der Waals surface area contributed by atoms with Crippen LogP contribution in [-0.4, -0.2) is 6.61 Å². The van der Waals surface area contributed by atoms with Crippen molar-refractivity contribution in [1.82, 2.24) is 0 Å². The molecule has 2 N–H and O–H groups in total. The van der Waals surface area contributed by atoms with E-state index in [2.05, 4.69) is 11.3 Å². The number of ether oxygens (including phenoxy) is 1. The van der Waals surface area contributed by atoms with E-state index in [9.17, 15) is 8.78 Å². The summed E-state index contributed by atoms with van der Waals surface area (Å²) in [6, 6.07) is 3.00. The zero-order chi connectivity index (χ0) is 12.3. The molecule has 0 aromatic heterocycles. The largest absolute Gasteiger partial charge is 0.435 e. The van der Waals surface area contributed by atoms with Crippen molar-refractivity contribution in [3.8, 4) is 5.75 Å². The summed E-state index contributed by atoms with van der Waals surface area (Å²) < 4.78 is 28.6. The number of alkyl halides is 2. The monoisotopic (exact) mass is 227 g/mol. The molecule has 0 aliphatic carbocycles. The fourth-order valence-electron chi connectivity index (χ4n) is 1.49. The normalized spacial score (nSPS) is 10.9. The predicted octanol–water partition coefficient (Wildman–Crippen LogP) is 3.64. The lowest BCUT2D eigenvalue weighted by atomic mass is 9.97. The molecule has 88 valence electrons. The first kappa shape index (κ1) is 12.5. The molecule has 0 aliphatic heterocycles. The smallest absolute Gasteiger partial charge is 0.387 e. The SMILES string of the molecule is C=Cc1cc(OC(F)F)cc(C(C)C)c1N. The van der Waals surface area contributed by atoms with Crippen LogP contribution in [-0.2, 0) is 0 Å². The Hall–Kier alpha value is -1.58. The Balaban J connectivity index is 3.23. The molecule has 1 aromatic rings. The molecule has 0 fully saturated rings. The van der Waals surface area contributed by atoms with Crippen LogP contribution in [0.2, 0.25) is 0 Å². The Morgan fingerprint density at radius 1 is 1.38 bits per heavy atom. The maximum Gasteiger partial charge on any atom is 0.387 e. The molecular formula is C12H15F2NO. The van der Waals surface area contributed by atoms with Crippen molar-refractivity contribution in [3.63, 3.8) is 0 Å². The van der Waals surface area contributed by atoms with Crippen molar-refractivity contribution in [1.29, 1.82) is 0 Å². The van der Waals surface area contributed by atoms with Crippen molar-refractivity contribution in [2.45, 2.75) is 26.4 Å². The molecule has 4 heteroatoms. The zero-order valence-electron chi connectivity index (χ0n) is 9.34. The standard InChI is InChI=1S/C12H15F2NO/c1-4-8-5-9(16-12(13)14)6-10(7(2)3)11(8)15/h4-7,12H,1,15H2,2-3H3. The van der Waals surface area contributed by atoms with Crippen LogP contribution in [0.1, 0.15) is 30.9 Å². The van der Waals surface area contributed by atoms with E-state index in [0.717, 1.165) is 5.56 Å². The van der Waals surface area contributed by atoms with Gasteiger partial charge in [0.1, 0.15) is 5.75 Å². The Bertz CT molecular complexity index is 389. The van der Waals surface area contributed by atoms with E-state index in [1.165, 1.54) is 12.1 Å². The number of hydrogen-bond acceptors (Lipinski definition) is 2. The van der Waals surface area contributed by atoms with Crippen LogP contribution in [0.5, 0.6) is 5.75 Å². The predicted molar refractivity (Wildman–Crippen MR) is 61.7 cm³/mol. The number of halogens is 2. The molecule has 16 heavy (non-hydrogen) atoms. The van der Waals surface area contributed by atoms with Crippen molar-refractivity contribution in [2.75, 3.05) is 5.73 Å². The fourth-order valence-corrected chi connectivity index (χ4v) is 1.49. The molecule has 0 amide bonds. The summed E-state index contributed by atoms with van der Waals surface area (Å²) in [6.45, 7) is 4.63. The number of hydrogen-bond donors (Lipinski definition) is 1. The Labute approximate surface area is 93.7 Å². The van der Waals surface area contributed by atoms with Crippen LogP contribution in [0, 0.1) is 0 Å². The van der Waals surface area contributed by atoms with Crippen LogP contribution in [0.3, 0.4) is 0 Å². The highest BCUT2D eigenvalue weighted by molar-refractivity contribution is 5.69. The van der Waals surface area contributed by atoms with E-state index in [1.54, 1.807) is 6.07 Å². The van der Waals surface area contributed by atoms with Gasteiger partial charge in [0, 0.05) is 11.3 Å². The van der Waals surface area contributed by atoms with Crippen LogP contribution in [0.25, 0.3) is 6.08 Å². The topological polar surface area (TPSA) is 35.2 Å². The third-order valence-corrected chi connectivity index (χ3v) is 2.28. The van der Waals surface area contributed by atoms with Gasteiger partial charge < -0.3 is 10.5 Å². The molecule has 0 spiro atoms. The molecule has 0 atom stereocenters. The van der Waals surface area contributed by atoms with Crippen LogP contribution in [0.15, 0.2) is 18.7 Å². The van der Waals surface area contributed by atoms with Gasteiger partial charge in [-0.15, -0.1) is 0 Å². The molecule has 2 nitrogen and oxygen atoms in total. The van der Waals surface area contributed by atoms with Gasteiger partial charge in [-0.05, 0) is 23.6 Å². The molecule has 0 heterocycles. The van der Waals surface area contributed by atoms with Crippen molar-refractivity contribution < 1.29 is 13.5 Å². The first-order valence-electron chi connectivity index (χ1n) is 4.96. The van der Waals surface area contributed by atoms with Gasteiger partial charge in [0.05, 0.1) is 0 Å². The number of benzene rings is 1. The van der Waals surface area contributed by atoms with Crippen molar-refractivity contribution in [2.24, 2.45) is 0 Å². The van der Waals surface area contributed by atoms with Gasteiger partial charge >= 0.3 is 6.61 Å². The molecule has 0 saturated heterocycles. The summed E-state index contributed by atoms with van der Waals surface area (Å²) in [7, 11) is 0. The molecule has 0 bridgehead atoms. The van der Waals surface area contributed by atoms with E-state index < -0.39 is 6.61 Å². The average Bonchev–Trinajstić information content (AvgIpc) is 2.19. The number of rotatable bonds is 4. The Morgan fingerprint density at radius 2 is 2.00 bits per heavy atom. The fraction of sp³-hybridized carbons (Fsp3) is 0.333. The lowest BCUT2D eigenvalue weighted by molar-refractivity contribution is -0.0498. The van der Waals surface area contributed by atoms with Crippen LogP contribution < -0.4 is 10.5 Å². The van der Waals surface area contributed by atoms with Gasteiger partial charge in [-0.2, -0.15) is 8.78 Å². The van der Waals surface area contributed by atoms with Gasteiger partial charge in [-0.25, -0.2) is 0 Å². The molecule has 1 aromatic carbocycles. The molecule has 0 aliphatic rings. The zero-order valence-corrected chi connectivity index (χ0v) is 9.34. The Kier molecular flexibility index (Phi) is 3.88. The highest BCUT2D eigenvalue weighted by Gasteiger charge is 2.12. The molecule has 1 rings (SSSR count). The molecule has 0 unspecified atom stereocenters. The minimum atomic E-state index is -2.83. The number of anilines is 1. The lowest BCUT2D eigenvalue weighted by Crippen LogP contribution is -2.05. The summed E-state index contributed by atoms with van der Waals surface area (Å²) in [5.74, 6) is 0.253. The maximum absolute atomic E-state index is 12.1. The average molecular weight is 227 g/mol. The summed E-state index contributed by atoms with van der Waals surface area (Å²) in [4.78, 5) is 0. The highest BCUT2D eigenvalue weighted by Crippen LogP contribution is 2.31. The summed E-state index contributed by atoms with van der Waals surface area (Å²) in [6.07, 6.45) is 1.53. The molecule has 0 radical (unpaired) electrons. The number of nitrogen functional groups attached to an aromatic ring is 1. The third kappa shape index (κ3) is 2.72. The third-order valence-electron chi connectivity index (χ3n) is 2.28. The van der Waals surface area contributed by atoms with E-state index in [0.29, 0.717) is 11.3 Å². The summed E-state index contributed by atoms with van der Waals surface area (Å²) in [5.41, 5.74) is 7.84. The summed E-state index contributed by atoms with van der Waals surface area (Å²) >= 11 is 0. The van der Waals surface area contributed by atoms with Gasteiger partial charge in [-0.3, -0.25) is 0 Å². The molecule has 0 saturated carbocycles. The second-order valence-corrected chi connectivity index (χ2v) is 3.75. The van der Waals surface area contributed by atoms with Crippen LogP contribution in [0.4, 0.5) is 14.5 Å². The number of nitrogens with two attached hydrogens (primary N) is 1. The maximum atomic E-state index is 12.1. The minimum Gasteiger partial charge on any atom is -0.435 e. The van der Waals surface area contributed by atoms with Crippen molar-refractivity contribution in [3.05, 3.63) is 29.8 Å².